The fraction of sp³-hybridized carbons (Fsp3) is 0.310. The SMILES string of the molecule is CCC(C(=O)Nc1cc(C)ccc1N1CCCN(Cc2ccccc2C)C1=O)c1ccccc1. The van der Waals surface area contributed by atoms with E-state index in [1.165, 1.54) is 5.56 Å². The number of amides is 3. The van der Waals surface area contributed by atoms with Gasteiger partial charge in [-0.25, -0.2) is 4.79 Å². The number of hydrogen-bond donors (Lipinski definition) is 1. The van der Waals surface area contributed by atoms with Gasteiger partial charge in [-0.2, -0.15) is 0 Å². The summed E-state index contributed by atoms with van der Waals surface area (Å²) in [4.78, 5) is 30.5. The second kappa shape index (κ2) is 10.6. The predicted molar refractivity (Wildman–Crippen MR) is 138 cm³/mol. The van der Waals surface area contributed by atoms with Crippen LogP contribution in [0.25, 0.3) is 0 Å². The van der Waals surface area contributed by atoms with Crippen LogP contribution in [0, 0.1) is 13.8 Å². The van der Waals surface area contributed by atoms with Gasteiger partial charge in [-0.05, 0) is 61.1 Å². The first-order valence-electron chi connectivity index (χ1n) is 12.1. The monoisotopic (exact) mass is 455 g/mol. The minimum absolute atomic E-state index is 0.0241. The molecule has 1 fully saturated rings. The first-order valence-corrected chi connectivity index (χ1v) is 12.1. The lowest BCUT2D eigenvalue weighted by molar-refractivity contribution is -0.117. The molecule has 1 unspecified atom stereocenters. The molecule has 1 aliphatic heterocycles. The van der Waals surface area contributed by atoms with Crippen molar-refractivity contribution in [1.82, 2.24) is 4.90 Å². The van der Waals surface area contributed by atoms with E-state index in [1.807, 2.05) is 79.4 Å². The van der Waals surface area contributed by atoms with Crippen molar-refractivity contribution in [2.24, 2.45) is 0 Å². The number of carbonyl (C=O) groups excluding carboxylic acids is 2. The normalized spacial score (nSPS) is 14.7. The molecule has 3 aromatic carbocycles. The molecule has 3 amide bonds. The molecule has 34 heavy (non-hydrogen) atoms. The number of anilines is 2. The number of rotatable bonds is 7. The molecule has 0 bridgehead atoms. The Morgan fingerprint density at radius 3 is 2.44 bits per heavy atom. The van der Waals surface area contributed by atoms with Crippen molar-refractivity contribution in [1.29, 1.82) is 0 Å². The van der Waals surface area contributed by atoms with Gasteiger partial charge in [0.15, 0.2) is 0 Å². The first-order chi connectivity index (χ1) is 16.5. The summed E-state index contributed by atoms with van der Waals surface area (Å²) in [5, 5.41) is 3.14. The van der Waals surface area contributed by atoms with E-state index in [9.17, 15) is 9.59 Å². The fourth-order valence-electron chi connectivity index (χ4n) is 4.61. The smallest absolute Gasteiger partial charge is 0.324 e. The van der Waals surface area contributed by atoms with E-state index in [0.717, 1.165) is 35.3 Å². The zero-order valence-corrected chi connectivity index (χ0v) is 20.3. The van der Waals surface area contributed by atoms with Gasteiger partial charge >= 0.3 is 6.03 Å². The molecule has 0 aliphatic carbocycles. The quantitative estimate of drug-likeness (QED) is 0.457. The van der Waals surface area contributed by atoms with Gasteiger partial charge in [0.2, 0.25) is 5.91 Å². The molecular formula is C29H33N3O2. The second-order valence-corrected chi connectivity index (χ2v) is 9.02. The van der Waals surface area contributed by atoms with E-state index >= 15 is 0 Å². The van der Waals surface area contributed by atoms with Crippen molar-refractivity contribution in [3.05, 3.63) is 95.1 Å². The average molecular weight is 456 g/mol. The molecule has 3 aromatic rings. The molecule has 0 radical (unpaired) electrons. The minimum Gasteiger partial charge on any atom is -0.324 e. The van der Waals surface area contributed by atoms with Crippen LogP contribution in [0.1, 0.15) is 47.9 Å². The number of benzene rings is 3. The zero-order valence-electron chi connectivity index (χ0n) is 20.3. The molecule has 4 rings (SSSR count). The van der Waals surface area contributed by atoms with E-state index in [0.29, 0.717) is 25.2 Å². The lowest BCUT2D eigenvalue weighted by Gasteiger charge is -2.37. The number of nitrogens with zero attached hydrogens (tertiary/aromatic N) is 2. The molecule has 1 atom stereocenters. The third-order valence-electron chi connectivity index (χ3n) is 6.56. The molecular weight excluding hydrogens is 422 g/mol. The number of aryl methyl sites for hydroxylation is 2. The van der Waals surface area contributed by atoms with Crippen molar-refractivity contribution in [2.75, 3.05) is 23.3 Å². The molecule has 1 heterocycles. The van der Waals surface area contributed by atoms with E-state index in [2.05, 4.69) is 24.4 Å². The molecule has 1 N–H and O–H groups in total. The molecule has 1 saturated heterocycles. The number of hydrogen-bond acceptors (Lipinski definition) is 2. The van der Waals surface area contributed by atoms with Crippen LogP contribution >= 0.6 is 0 Å². The lowest BCUT2D eigenvalue weighted by atomic mass is 9.95. The third-order valence-corrected chi connectivity index (χ3v) is 6.56. The van der Waals surface area contributed by atoms with Crippen LogP contribution in [-0.4, -0.2) is 29.9 Å². The average Bonchev–Trinajstić information content (AvgIpc) is 2.83. The summed E-state index contributed by atoms with van der Waals surface area (Å²) in [6.45, 7) is 8.03. The Kier molecular flexibility index (Phi) is 7.31. The van der Waals surface area contributed by atoms with E-state index in [-0.39, 0.29) is 17.9 Å². The van der Waals surface area contributed by atoms with Gasteiger partial charge in [0.25, 0.3) is 0 Å². The zero-order chi connectivity index (χ0) is 24.1. The van der Waals surface area contributed by atoms with Crippen LogP contribution in [0.2, 0.25) is 0 Å². The molecule has 0 spiro atoms. The standard InChI is InChI=1S/C29H33N3O2/c1-4-25(23-12-6-5-7-13-23)28(33)30-26-19-21(2)15-16-27(26)32-18-10-17-31(29(32)34)20-24-14-9-8-11-22(24)3/h5-9,11-16,19,25H,4,10,17-18,20H2,1-3H3,(H,30,33). The third kappa shape index (κ3) is 5.14. The van der Waals surface area contributed by atoms with Crippen LogP contribution in [0.15, 0.2) is 72.8 Å². The van der Waals surface area contributed by atoms with Crippen molar-refractivity contribution in [3.8, 4) is 0 Å². The van der Waals surface area contributed by atoms with Gasteiger partial charge in [0.1, 0.15) is 0 Å². The maximum atomic E-state index is 13.5. The van der Waals surface area contributed by atoms with Gasteiger partial charge in [0.05, 0.1) is 17.3 Å². The predicted octanol–water partition coefficient (Wildman–Crippen LogP) is 6.27. The van der Waals surface area contributed by atoms with Crippen LogP contribution in [0.4, 0.5) is 16.2 Å². The molecule has 1 aliphatic rings. The van der Waals surface area contributed by atoms with Gasteiger partial charge < -0.3 is 10.2 Å². The second-order valence-electron chi connectivity index (χ2n) is 9.02. The van der Waals surface area contributed by atoms with Crippen molar-refractivity contribution < 1.29 is 9.59 Å². The first kappa shape index (κ1) is 23.6. The summed E-state index contributed by atoms with van der Waals surface area (Å²) in [7, 11) is 0. The summed E-state index contributed by atoms with van der Waals surface area (Å²) < 4.78 is 0. The fourth-order valence-corrected chi connectivity index (χ4v) is 4.61. The number of urea groups is 1. The summed E-state index contributed by atoms with van der Waals surface area (Å²) >= 11 is 0. The Balaban J connectivity index is 1.58. The Labute approximate surface area is 202 Å². The summed E-state index contributed by atoms with van der Waals surface area (Å²) in [5.41, 5.74) is 5.81. The topological polar surface area (TPSA) is 52.7 Å². The van der Waals surface area contributed by atoms with Crippen LogP contribution in [0.3, 0.4) is 0 Å². The van der Waals surface area contributed by atoms with Crippen molar-refractivity contribution in [2.45, 2.75) is 46.1 Å². The van der Waals surface area contributed by atoms with Crippen LogP contribution in [0.5, 0.6) is 0 Å². The number of nitrogens with one attached hydrogen (secondary N) is 1. The van der Waals surface area contributed by atoms with Gasteiger partial charge in [0, 0.05) is 19.6 Å². The van der Waals surface area contributed by atoms with Crippen molar-refractivity contribution in [3.63, 3.8) is 0 Å². The Morgan fingerprint density at radius 1 is 0.971 bits per heavy atom. The molecule has 176 valence electrons. The highest BCUT2D eigenvalue weighted by atomic mass is 16.2. The van der Waals surface area contributed by atoms with Crippen LogP contribution in [-0.2, 0) is 11.3 Å². The summed E-state index contributed by atoms with van der Waals surface area (Å²) in [6, 6.07) is 23.9. The van der Waals surface area contributed by atoms with E-state index < -0.39 is 0 Å². The van der Waals surface area contributed by atoms with Gasteiger partial charge in [-0.1, -0.05) is 67.6 Å². The number of carbonyl (C=O) groups is 2. The minimum atomic E-state index is -0.246. The summed E-state index contributed by atoms with van der Waals surface area (Å²) in [6.07, 6.45) is 1.57. The summed E-state index contributed by atoms with van der Waals surface area (Å²) in [5.74, 6) is -0.300. The van der Waals surface area contributed by atoms with Gasteiger partial charge in [-0.15, -0.1) is 0 Å². The maximum Gasteiger partial charge on any atom is 0.324 e. The van der Waals surface area contributed by atoms with Crippen LogP contribution < -0.4 is 10.2 Å². The maximum absolute atomic E-state index is 13.5. The highest BCUT2D eigenvalue weighted by molar-refractivity contribution is 6.02. The Bertz CT molecular complexity index is 1160. The lowest BCUT2D eigenvalue weighted by Crippen LogP contribution is -2.49. The largest absolute Gasteiger partial charge is 0.324 e. The molecule has 0 saturated carbocycles. The molecule has 5 heteroatoms. The Morgan fingerprint density at radius 2 is 1.71 bits per heavy atom. The highest BCUT2D eigenvalue weighted by Crippen LogP contribution is 2.32. The highest BCUT2D eigenvalue weighted by Gasteiger charge is 2.29. The van der Waals surface area contributed by atoms with E-state index in [4.69, 9.17) is 0 Å². The molecule has 5 nitrogen and oxygen atoms in total. The van der Waals surface area contributed by atoms with E-state index in [1.54, 1.807) is 4.90 Å². The van der Waals surface area contributed by atoms with Gasteiger partial charge in [-0.3, -0.25) is 9.69 Å². The molecule has 0 aromatic heterocycles. The Hall–Kier alpha value is -3.60. The van der Waals surface area contributed by atoms with Crippen molar-refractivity contribution >= 4 is 23.3 Å².